The predicted molar refractivity (Wildman–Crippen MR) is 71.9 cm³/mol. The fourth-order valence-electron chi connectivity index (χ4n) is 1.48. The molecule has 18 heavy (non-hydrogen) atoms. The van der Waals surface area contributed by atoms with Crippen LogP contribution in [0.2, 0.25) is 5.02 Å². The van der Waals surface area contributed by atoms with Crippen LogP contribution in [0.3, 0.4) is 0 Å². The van der Waals surface area contributed by atoms with Crippen molar-refractivity contribution in [2.24, 2.45) is 0 Å². The predicted octanol–water partition coefficient (Wildman–Crippen LogP) is 1.64. The molecule has 0 aromatic heterocycles. The molecule has 98 valence electrons. The average molecular weight is 269 g/mol. The van der Waals surface area contributed by atoms with Crippen molar-refractivity contribution in [3.05, 3.63) is 34.9 Å². The van der Waals surface area contributed by atoms with Gasteiger partial charge in [-0.15, -0.1) is 0 Å². The molecular weight excluding hydrogens is 252 g/mol. The van der Waals surface area contributed by atoms with Crippen LogP contribution in [-0.2, 0) is 4.79 Å². The Hall–Kier alpha value is -1.39. The lowest BCUT2D eigenvalue weighted by Crippen LogP contribution is -2.39. The van der Waals surface area contributed by atoms with Crippen molar-refractivity contribution in [2.45, 2.75) is 19.9 Å². The van der Waals surface area contributed by atoms with Crippen molar-refractivity contribution in [3.8, 4) is 0 Å². The van der Waals surface area contributed by atoms with Gasteiger partial charge in [-0.3, -0.25) is 9.59 Å². The molecule has 1 atom stereocenters. The first-order valence-electron chi connectivity index (χ1n) is 5.78. The van der Waals surface area contributed by atoms with Gasteiger partial charge in [0.25, 0.3) is 0 Å². The van der Waals surface area contributed by atoms with Gasteiger partial charge in [-0.1, -0.05) is 11.6 Å². The van der Waals surface area contributed by atoms with Gasteiger partial charge in [0.2, 0.25) is 5.91 Å². The highest BCUT2D eigenvalue weighted by molar-refractivity contribution is 6.30. The second-order valence-corrected chi connectivity index (χ2v) is 4.47. The molecule has 5 heteroatoms. The summed E-state index contributed by atoms with van der Waals surface area (Å²) in [7, 11) is 0. The first-order chi connectivity index (χ1) is 8.50. The maximum Gasteiger partial charge on any atom is 0.216 e. The molecule has 2 N–H and O–H groups in total. The van der Waals surface area contributed by atoms with E-state index in [4.69, 9.17) is 11.6 Å². The van der Waals surface area contributed by atoms with Crippen molar-refractivity contribution >= 4 is 23.3 Å². The van der Waals surface area contributed by atoms with E-state index in [0.717, 1.165) is 0 Å². The fraction of sp³-hybridized carbons (Fsp3) is 0.385. The van der Waals surface area contributed by atoms with Gasteiger partial charge in [0, 0.05) is 30.6 Å². The molecule has 0 aliphatic rings. The third-order valence-electron chi connectivity index (χ3n) is 2.47. The molecule has 0 saturated heterocycles. The standard InChI is InChI=1S/C13H17ClN2O2/c1-9(15-7-8-16-10(2)17)13(18)11-3-5-12(14)6-4-11/h3-6,9,15H,7-8H2,1-2H3,(H,16,17). The highest BCUT2D eigenvalue weighted by Gasteiger charge is 2.13. The van der Waals surface area contributed by atoms with Gasteiger partial charge in [0.1, 0.15) is 0 Å². The zero-order chi connectivity index (χ0) is 13.5. The number of benzene rings is 1. The Bertz CT molecular complexity index is 418. The number of ketones is 1. The number of amides is 1. The highest BCUT2D eigenvalue weighted by atomic mass is 35.5. The minimum absolute atomic E-state index is 0.00879. The van der Waals surface area contributed by atoms with Gasteiger partial charge in [0.15, 0.2) is 5.78 Å². The molecule has 4 nitrogen and oxygen atoms in total. The summed E-state index contributed by atoms with van der Waals surface area (Å²) in [5.41, 5.74) is 0.624. The van der Waals surface area contributed by atoms with E-state index in [0.29, 0.717) is 23.7 Å². The van der Waals surface area contributed by atoms with Gasteiger partial charge in [-0.05, 0) is 31.2 Å². The van der Waals surface area contributed by atoms with Crippen LogP contribution < -0.4 is 10.6 Å². The number of hydrogen-bond donors (Lipinski definition) is 2. The van der Waals surface area contributed by atoms with Crippen molar-refractivity contribution in [1.29, 1.82) is 0 Å². The summed E-state index contributed by atoms with van der Waals surface area (Å²) >= 11 is 5.76. The minimum atomic E-state index is -0.292. The maximum absolute atomic E-state index is 12.0. The largest absolute Gasteiger partial charge is 0.355 e. The van der Waals surface area contributed by atoms with Crippen LogP contribution in [0.5, 0.6) is 0 Å². The maximum atomic E-state index is 12.0. The average Bonchev–Trinajstić information content (AvgIpc) is 2.34. The second-order valence-electron chi connectivity index (χ2n) is 4.03. The molecule has 0 bridgehead atoms. The molecule has 0 saturated carbocycles. The van der Waals surface area contributed by atoms with Crippen molar-refractivity contribution in [1.82, 2.24) is 10.6 Å². The van der Waals surface area contributed by atoms with Gasteiger partial charge < -0.3 is 10.6 Å². The van der Waals surface area contributed by atoms with Crippen molar-refractivity contribution < 1.29 is 9.59 Å². The first kappa shape index (κ1) is 14.7. The lowest BCUT2D eigenvalue weighted by Gasteiger charge is -2.13. The monoisotopic (exact) mass is 268 g/mol. The van der Waals surface area contributed by atoms with Crippen molar-refractivity contribution in [2.75, 3.05) is 13.1 Å². The van der Waals surface area contributed by atoms with Gasteiger partial charge in [0.05, 0.1) is 6.04 Å². The Balaban J connectivity index is 2.41. The quantitative estimate of drug-likeness (QED) is 0.609. The summed E-state index contributed by atoms with van der Waals surface area (Å²) in [6, 6.07) is 6.50. The van der Waals surface area contributed by atoms with E-state index in [2.05, 4.69) is 10.6 Å². The number of nitrogens with one attached hydrogen (secondary N) is 2. The van der Waals surface area contributed by atoms with E-state index in [1.54, 1.807) is 31.2 Å². The zero-order valence-corrected chi connectivity index (χ0v) is 11.3. The van der Waals surface area contributed by atoms with E-state index in [9.17, 15) is 9.59 Å². The Morgan fingerprint density at radius 3 is 2.39 bits per heavy atom. The number of carbonyl (C=O) groups is 2. The highest BCUT2D eigenvalue weighted by Crippen LogP contribution is 2.11. The summed E-state index contributed by atoms with van der Waals surface area (Å²) in [6.45, 7) is 4.32. The van der Waals surface area contributed by atoms with E-state index < -0.39 is 0 Å². The van der Waals surface area contributed by atoms with Crippen LogP contribution in [0.15, 0.2) is 24.3 Å². The molecule has 0 spiro atoms. The number of hydrogen-bond acceptors (Lipinski definition) is 3. The Morgan fingerprint density at radius 1 is 1.22 bits per heavy atom. The Morgan fingerprint density at radius 2 is 1.83 bits per heavy atom. The summed E-state index contributed by atoms with van der Waals surface area (Å²) in [5, 5.41) is 6.32. The van der Waals surface area contributed by atoms with Gasteiger partial charge in [-0.25, -0.2) is 0 Å². The summed E-state index contributed by atoms with van der Waals surface area (Å²) in [4.78, 5) is 22.6. The van der Waals surface area contributed by atoms with Crippen LogP contribution in [-0.4, -0.2) is 30.8 Å². The summed E-state index contributed by atoms with van der Waals surface area (Å²) in [5.74, 6) is -0.0667. The Kier molecular flexibility index (Phi) is 5.82. The molecule has 1 rings (SSSR count). The second kappa shape index (κ2) is 7.13. The van der Waals surface area contributed by atoms with E-state index in [1.807, 2.05) is 0 Å². The normalized spacial score (nSPS) is 11.9. The fourth-order valence-corrected chi connectivity index (χ4v) is 1.61. The molecule has 1 aromatic carbocycles. The zero-order valence-electron chi connectivity index (χ0n) is 10.5. The number of Topliss-reactive ketones (excluding diaryl/α,β-unsaturated/α-hetero) is 1. The number of rotatable bonds is 6. The lowest BCUT2D eigenvalue weighted by atomic mass is 10.1. The third kappa shape index (κ3) is 4.85. The molecule has 0 aliphatic carbocycles. The van der Waals surface area contributed by atoms with Crippen LogP contribution in [0.25, 0.3) is 0 Å². The van der Waals surface area contributed by atoms with Gasteiger partial charge in [-0.2, -0.15) is 0 Å². The molecular formula is C13H17ClN2O2. The number of carbonyl (C=O) groups excluding carboxylic acids is 2. The molecule has 0 heterocycles. The molecule has 0 radical (unpaired) electrons. The summed E-state index contributed by atoms with van der Waals surface area (Å²) in [6.07, 6.45) is 0. The van der Waals surface area contributed by atoms with Crippen LogP contribution in [0.4, 0.5) is 0 Å². The summed E-state index contributed by atoms with van der Waals surface area (Å²) < 4.78 is 0. The molecule has 1 aromatic rings. The van der Waals surface area contributed by atoms with E-state index >= 15 is 0 Å². The SMILES string of the molecule is CC(=O)NCCNC(C)C(=O)c1ccc(Cl)cc1. The molecule has 0 fully saturated rings. The molecule has 0 aliphatic heterocycles. The first-order valence-corrected chi connectivity index (χ1v) is 6.16. The lowest BCUT2D eigenvalue weighted by molar-refractivity contribution is -0.118. The Labute approximate surface area is 112 Å². The van der Waals surface area contributed by atoms with Crippen LogP contribution in [0, 0.1) is 0 Å². The van der Waals surface area contributed by atoms with Gasteiger partial charge >= 0.3 is 0 Å². The molecule has 1 unspecified atom stereocenters. The van der Waals surface area contributed by atoms with Crippen LogP contribution in [0.1, 0.15) is 24.2 Å². The molecule has 1 amide bonds. The van der Waals surface area contributed by atoms with Crippen molar-refractivity contribution in [3.63, 3.8) is 0 Å². The minimum Gasteiger partial charge on any atom is -0.355 e. The van der Waals surface area contributed by atoms with E-state index in [1.165, 1.54) is 6.92 Å². The smallest absolute Gasteiger partial charge is 0.216 e. The third-order valence-corrected chi connectivity index (χ3v) is 2.72. The number of halogens is 1. The van der Waals surface area contributed by atoms with E-state index in [-0.39, 0.29) is 17.7 Å². The topological polar surface area (TPSA) is 58.2 Å². The van der Waals surface area contributed by atoms with Crippen LogP contribution >= 0.6 is 11.6 Å².